The summed E-state index contributed by atoms with van der Waals surface area (Å²) >= 11 is 0. The topological polar surface area (TPSA) is 58.8 Å². The van der Waals surface area contributed by atoms with Crippen molar-refractivity contribution < 1.29 is 9.53 Å². The van der Waals surface area contributed by atoms with Crippen LogP contribution in [0.1, 0.15) is 47.9 Å². The number of rotatable bonds is 7. The maximum Gasteiger partial charge on any atom is 0.334 e. The SMILES string of the molecule is COc1ccc(CCCN2C(=O)N(N)CC2c2ccc(C3CC3)cc2)cc1. The zero-order valence-electron chi connectivity index (χ0n) is 15.8. The number of carbonyl (C=O) groups is 1. The minimum absolute atomic E-state index is 0.0339. The predicted molar refractivity (Wildman–Crippen MR) is 105 cm³/mol. The van der Waals surface area contributed by atoms with Crippen LogP contribution in [0, 0.1) is 0 Å². The van der Waals surface area contributed by atoms with Crippen LogP contribution >= 0.6 is 0 Å². The highest BCUT2D eigenvalue weighted by atomic mass is 16.5. The van der Waals surface area contributed by atoms with Gasteiger partial charge in [0.2, 0.25) is 0 Å². The van der Waals surface area contributed by atoms with Gasteiger partial charge in [-0.25, -0.2) is 10.6 Å². The van der Waals surface area contributed by atoms with E-state index in [1.807, 2.05) is 17.0 Å². The Labute approximate surface area is 160 Å². The van der Waals surface area contributed by atoms with Crippen LogP contribution in [-0.4, -0.2) is 36.1 Å². The van der Waals surface area contributed by atoms with Crippen molar-refractivity contribution >= 4 is 6.03 Å². The summed E-state index contributed by atoms with van der Waals surface area (Å²) in [6, 6.07) is 16.8. The number of methoxy groups -OCH3 is 1. The molecule has 142 valence electrons. The Morgan fingerprint density at radius 3 is 2.33 bits per heavy atom. The highest BCUT2D eigenvalue weighted by Crippen LogP contribution is 2.40. The van der Waals surface area contributed by atoms with E-state index in [1.165, 1.54) is 34.5 Å². The van der Waals surface area contributed by atoms with Crippen LogP contribution in [0.3, 0.4) is 0 Å². The molecule has 2 fully saturated rings. The Morgan fingerprint density at radius 1 is 1.04 bits per heavy atom. The zero-order valence-corrected chi connectivity index (χ0v) is 15.8. The van der Waals surface area contributed by atoms with Crippen molar-refractivity contribution in [2.24, 2.45) is 5.84 Å². The van der Waals surface area contributed by atoms with E-state index >= 15 is 0 Å². The van der Waals surface area contributed by atoms with Crippen molar-refractivity contribution in [1.82, 2.24) is 9.91 Å². The fraction of sp³-hybridized carbons (Fsp3) is 0.409. The molecule has 4 rings (SSSR count). The van der Waals surface area contributed by atoms with Gasteiger partial charge in [0.05, 0.1) is 19.7 Å². The number of amides is 2. The summed E-state index contributed by atoms with van der Waals surface area (Å²) in [5, 5.41) is 1.34. The first kappa shape index (κ1) is 17.9. The molecule has 1 aliphatic carbocycles. The van der Waals surface area contributed by atoms with E-state index in [9.17, 15) is 4.79 Å². The van der Waals surface area contributed by atoms with Crippen LogP contribution in [0.2, 0.25) is 0 Å². The third kappa shape index (κ3) is 3.93. The number of nitrogens with zero attached hydrogens (tertiary/aromatic N) is 2. The van der Waals surface area contributed by atoms with Crippen molar-refractivity contribution in [3.05, 3.63) is 65.2 Å². The van der Waals surface area contributed by atoms with E-state index in [1.54, 1.807) is 7.11 Å². The zero-order chi connectivity index (χ0) is 18.8. The molecule has 5 heteroatoms. The number of urea groups is 1. The molecule has 1 unspecified atom stereocenters. The molecule has 27 heavy (non-hydrogen) atoms. The molecule has 2 aliphatic rings. The molecule has 1 atom stereocenters. The summed E-state index contributed by atoms with van der Waals surface area (Å²) in [6.07, 6.45) is 4.43. The molecule has 1 heterocycles. The molecular formula is C22H27N3O2. The Morgan fingerprint density at radius 2 is 1.70 bits per heavy atom. The summed E-state index contributed by atoms with van der Waals surface area (Å²) in [4.78, 5) is 14.4. The van der Waals surface area contributed by atoms with Crippen molar-refractivity contribution in [2.75, 3.05) is 20.2 Å². The highest BCUT2D eigenvalue weighted by Gasteiger charge is 2.36. The first-order valence-corrected chi connectivity index (χ1v) is 9.71. The number of ether oxygens (including phenoxy) is 1. The van der Waals surface area contributed by atoms with Gasteiger partial charge in [0.25, 0.3) is 0 Å². The van der Waals surface area contributed by atoms with Gasteiger partial charge in [0, 0.05) is 6.54 Å². The predicted octanol–water partition coefficient (Wildman–Crippen LogP) is 3.86. The first-order chi connectivity index (χ1) is 13.2. The van der Waals surface area contributed by atoms with E-state index in [2.05, 4.69) is 36.4 Å². The molecule has 0 radical (unpaired) electrons. The van der Waals surface area contributed by atoms with Gasteiger partial charge in [-0.15, -0.1) is 0 Å². The lowest BCUT2D eigenvalue weighted by atomic mass is 10.0. The van der Waals surface area contributed by atoms with E-state index < -0.39 is 0 Å². The van der Waals surface area contributed by atoms with E-state index in [-0.39, 0.29) is 12.1 Å². The Balaban J connectivity index is 1.39. The van der Waals surface area contributed by atoms with Gasteiger partial charge < -0.3 is 9.64 Å². The van der Waals surface area contributed by atoms with Gasteiger partial charge in [-0.05, 0) is 60.4 Å². The Bertz CT molecular complexity index is 784. The number of benzene rings is 2. The average Bonchev–Trinajstić information content (AvgIpc) is 3.51. The number of nitrogens with two attached hydrogens (primary N) is 1. The van der Waals surface area contributed by atoms with Crippen LogP contribution in [0.5, 0.6) is 5.75 Å². The quantitative estimate of drug-likeness (QED) is 0.599. The number of aryl methyl sites for hydroxylation is 1. The molecule has 0 aromatic heterocycles. The second-order valence-corrected chi connectivity index (χ2v) is 7.54. The van der Waals surface area contributed by atoms with Crippen molar-refractivity contribution in [3.63, 3.8) is 0 Å². The number of hydrogen-bond donors (Lipinski definition) is 1. The van der Waals surface area contributed by atoms with Crippen LogP contribution in [0.4, 0.5) is 4.79 Å². The summed E-state index contributed by atoms with van der Waals surface area (Å²) < 4.78 is 5.20. The molecule has 2 aromatic rings. The van der Waals surface area contributed by atoms with Gasteiger partial charge in [0.1, 0.15) is 5.75 Å². The molecule has 1 saturated heterocycles. The van der Waals surface area contributed by atoms with Crippen LogP contribution in [-0.2, 0) is 6.42 Å². The lowest BCUT2D eigenvalue weighted by Gasteiger charge is -2.23. The van der Waals surface area contributed by atoms with E-state index in [0.717, 1.165) is 24.5 Å². The number of carbonyl (C=O) groups excluding carboxylic acids is 1. The molecule has 1 saturated carbocycles. The molecule has 0 spiro atoms. The van der Waals surface area contributed by atoms with Crippen LogP contribution in [0.15, 0.2) is 48.5 Å². The average molecular weight is 365 g/mol. The van der Waals surface area contributed by atoms with Gasteiger partial charge >= 0.3 is 6.03 Å². The molecule has 5 nitrogen and oxygen atoms in total. The fourth-order valence-electron chi connectivity index (χ4n) is 3.85. The summed E-state index contributed by atoms with van der Waals surface area (Å²) in [7, 11) is 1.67. The lowest BCUT2D eigenvalue weighted by molar-refractivity contribution is 0.186. The van der Waals surface area contributed by atoms with Gasteiger partial charge in [0.15, 0.2) is 0 Å². The summed E-state index contributed by atoms with van der Waals surface area (Å²) in [5.41, 5.74) is 3.83. The molecule has 2 amide bonds. The molecular weight excluding hydrogens is 338 g/mol. The van der Waals surface area contributed by atoms with Gasteiger partial charge in [-0.1, -0.05) is 36.4 Å². The van der Waals surface area contributed by atoms with Gasteiger partial charge in [-0.2, -0.15) is 0 Å². The molecule has 0 bridgehead atoms. The van der Waals surface area contributed by atoms with Gasteiger partial charge in [-0.3, -0.25) is 5.01 Å². The minimum Gasteiger partial charge on any atom is -0.497 e. The highest BCUT2D eigenvalue weighted by molar-refractivity contribution is 5.76. The lowest BCUT2D eigenvalue weighted by Crippen LogP contribution is -2.37. The van der Waals surface area contributed by atoms with Crippen LogP contribution in [0.25, 0.3) is 0 Å². The molecule has 2 aromatic carbocycles. The third-order valence-corrected chi connectivity index (χ3v) is 5.63. The van der Waals surface area contributed by atoms with Crippen molar-refractivity contribution in [1.29, 1.82) is 0 Å². The maximum atomic E-state index is 12.5. The third-order valence-electron chi connectivity index (χ3n) is 5.63. The Kier molecular flexibility index (Phi) is 5.03. The number of hydrogen-bond acceptors (Lipinski definition) is 3. The maximum absolute atomic E-state index is 12.5. The van der Waals surface area contributed by atoms with E-state index in [0.29, 0.717) is 13.1 Å². The smallest absolute Gasteiger partial charge is 0.334 e. The molecule has 1 aliphatic heterocycles. The van der Waals surface area contributed by atoms with Crippen molar-refractivity contribution in [3.8, 4) is 5.75 Å². The summed E-state index contributed by atoms with van der Waals surface area (Å²) in [6.45, 7) is 1.25. The monoisotopic (exact) mass is 365 g/mol. The molecule has 2 N–H and O–H groups in total. The second-order valence-electron chi connectivity index (χ2n) is 7.54. The summed E-state index contributed by atoms with van der Waals surface area (Å²) in [5.74, 6) is 7.54. The minimum atomic E-state index is -0.0824. The number of hydrazine groups is 1. The standard InChI is InChI=1S/C22H27N3O2/c1-27-20-12-4-16(5-13-20)3-2-14-24-21(15-25(23)22(24)26)19-10-8-18(9-11-19)17-6-7-17/h4-5,8-13,17,21H,2-3,6-7,14-15,23H2,1H3. The second kappa shape index (κ2) is 7.61. The fourth-order valence-corrected chi connectivity index (χ4v) is 3.85. The van der Waals surface area contributed by atoms with Crippen LogP contribution < -0.4 is 10.6 Å². The Hall–Kier alpha value is -2.53. The normalized spacial score (nSPS) is 19.6. The van der Waals surface area contributed by atoms with Crippen molar-refractivity contribution in [2.45, 2.75) is 37.6 Å². The largest absolute Gasteiger partial charge is 0.497 e. The van der Waals surface area contributed by atoms with E-state index in [4.69, 9.17) is 10.6 Å². The first-order valence-electron chi connectivity index (χ1n) is 9.71.